The van der Waals surface area contributed by atoms with Crippen LogP contribution in [0.3, 0.4) is 0 Å². The van der Waals surface area contributed by atoms with Gasteiger partial charge in [-0.3, -0.25) is 0 Å². The standard InChI is InChI=1S/C10H17N/c1-11-6-4-10(5-7-11)8-9(10)2-3-9/h2-8H2,1H3. The second kappa shape index (κ2) is 1.66. The fraction of sp³-hybridized carbons (Fsp3) is 1.00. The lowest BCUT2D eigenvalue weighted by Gasteiger charge is -2.30. The number of hydrogen-bond acceptors (Lipinski definition) is 1. The van der Waals surface area contributed by atoms with Crippen LogP contribution in [-0.2, 0) is 0 Å². The normalized spacial score (nSPS) is 37.9. The molecule has 0 aromatic carbocycles. The van der Waals surface area contributed by atoms with Gasteiger partial charge in [-0.05, 0) is 63.1 Å². The van der Waals surface area contributed by atoms with Crippen LogP contribution in [0.5, 0.6) is 0 Å². The van der Waals surface area contributed by atoms with E-state index in [0.717, 1.165) is 10.8 Å². The van der Waals surface area contributed by atoms with Crippen molar-refractivity contribution in [2.75, 3.05) is 20.1 Å². The molecule has 62 valence electrons. The molecule has 0 bridgehead atoms. The Bertz CT molecular complexity index is 185. The molecule has 0 aromatic rings. The zero-order chi connectivity index (χ0) is 7.53. The second-order valence-corrected chi connectivity index (χ2v) is 5.04. The van der Waals surface area contributed by atoms with Crippen LogP contribution in [0.2, 0.25) is 0 Å². The number of rotatable bonds is 0. The van der Waals surface area contributed by atoms with E-state index in [9.17, 15) is 0 Å². The van der Waals surface area contributed by atoms with Crippen molar-refractivity contribution in [3.05, 3.63) is 0 Å². The molecule has 2 aliphatic carbocycles. The quantitative estimate of drug-likeness (QED) is 0.511. The monoisotopic (exact) mass is 151 g/mol. The van der Waals surface area contributed by atoms with Crippen LogP contribution in [-0.4, -0.2) is 25.0 Å². The van der Waals surface area contributed by atoms with Crippen LogP contribution >= 0.6 is 0 Å². The van der Waals surface area contributed by atoms with Crippen molar-refractivity contribution in [2.45, 2.75) is 32.1 Å². The SMILES string of the molecule is CN1CCC2(CC1)CC21CC1. The van der Waals surface area contributed by atoms with Gasteiger partial charge in [-0.15, -0.1) is 0 Å². The van der Waals surface area contributed by atoms with Gasteiger partial charge in [-0.1, -0.05) is 0 Å². The van der Waals surface area contributed by atoms with Gasteiger partial charge in [0.05, 0.1) is 0 Å². The lowest BCUT2D eigenvalue weighted by Crippen LogP contribution is -2.32. The summed E-state index contributed by atoms with van der Waals surface area (Å²) in [4.78, 5) is 2.49. The predicted molar refractivity (Wildman–Crippen MR) is 45.4 cm³/mol. The van der Waals surface area contributed by atoms with Crippen LogP contribution in [0.4, 0.5) is 0 Å². The molecule has 2 saturated carbocycles. The number of fused-ring (bicyclic) bond motifs is 1. The van der Waals surface area contributed by atoms with Crippen LogP contribution in [0.15, 0.2) is 0 Å². The van der Waals surface area contributed by atoms with E-state index < -0.39 is 0 Å². The average molecular weight is 151 g/mol. The third-order valence-corrected chi connectivity index (χ3v) is 4.47. The highest BCUT2D eigenvalue weighted by Crippen LogP contribution is 2.81. The van der Waals surface area contributed by atoms with Crippen LogP contribution in [0.25, 0.3) is 0 Å². The lowest BCUT2D eigenvalue weighted by atomic mass is 9.90. The van der Waals surface area contributed by atoms with E-state index in [1.807, 2.05) is 0 Å². The van der Waals surface area contributed by atoms with E-state index in [4.69, 9.17) is 0 Å². The summed E-state index contributed by atoms with van der Waals surface area (Å²) in [6.45, 7) is 2.73. The summed E-state index contributed by atoms with van der Waals surface area (Å²) in [5.41, 5.74) is 1.80. The Hall–Kier alpha value is -0.0400. The molecule has 0 N–H and O–H groups in total. The third kappa shape index (κ3) is 0.703. The molecule has 0 amide bonds. The van der Waals surface area contributed by atoms with Gasteiger partial charge in [0.1, 0.15) is 0 Å². The van der Waals surface area contributed by atoms with Gasteiger partial charge < -0.3 is 4.90 Å². The molecule has 11 heavy (non-hydrogen) atoms. The van der Waals surface area contributed by atoms with Gasteiger partial charge in [0.15, 0.2) is 0 Å². The van der Waals surface area contributed by atoms with E-state index in [-0.39, 0.29) is 0 Å². The summed E-state index contributed by atoms with van der Waals surface area (Å²) in [5, 5.41) is 0. The molecule has 0 aromatic heterocycles. The maximum Gasteiger partial charge on any atom is -0.00163 e. The molecule has 3 rings (SSSR count). The maximum absolute atomic E-state index is 2.49. The summed E-state index contributed by atoms with van der Waals surface area (Å²) in [6.07, 6.45) is 7.73. The first-order chi connectivity index (χ1) is 5.27. The third-order valence-electron chi connectivity index (χ3n) is 4.47. The Morgan fingerprint density at radius 2 is 1.45 bits per heavy atom. The van der Waals surface area contributed by atoms with Crippen molar-refractivity contribution in [3.63, 3.8) is 0 Å². The topological polar surface area (TPSA) is 3.24 Å². The van der Waals surface area contributed by atoms with E-state index in [1.165, 1.54) is 25.9 Å². The number of piperidine rings is 1. The summed E-state index contributed by atoms with van der Waals surface area (Å²) in [7, 11) is 2.26. The molecule has 1 aliphatic heterocycles. The summed E-state index contributed by atoms with van der Waals surface area (Å²) in [5.74, 6) is 0. The van der Waals surface area contributed by atoms with Crippen molar-refractivity contribution in [1.29, 1.82) is 0 Å². The van der Waals surface area contributed by atoms with Crippen LogP contribution < -0.4 is 0 Å². The van der Waals surface area contributed by atoms with Gasteiger partial charge in [-0.25, -0.2) is 0 Å². The minimum Gasteiger partial charge on any atom is -0.306 e. The molecule has 3 aliphatic rings. The molecule has 1 nitrogen and oxygen atoms in total. The first kappa shape index (κ1) is 6.47. The zero-order valence-corrected chi connectivity index (χ0v) is 7.40. The van der Waals surface area contributed by atoms with E-state index in [1.54, 1.807) is 19.3 Å². The molecule has 1 heterocycles. The smallest absolute Gasteiger partial charge is 0.00163 e. The molecular formula is C10H17N. The van der Waals surface area contributed by atoms with Gasteiger partial charge in [0.2, 0.25) is 0 Å². The minimum absolute atomic E-state index is 0.875. The summed E-state index contributed by atoms with van der Waals surface area (Å²) in [6, 6.07) is 0. The van der Waals surface area contributed by atoms with E-state index in [2.05, 4.69) is 11.9 Å². The highest BCUT2D eigenvalue weighted by Gasteiger charge is 2.72. The minimum atomic E-state index is 0.875. The van der Waals surface area contributed by atoms with Crippen molar-refractivity contribution < 1.29 is 0 Å². The number of hydrogen-bond donors (Lipinski definition) is 0. The van der Waals surface area contributed by atoms with Crippen molar-refractivity contribution in [3.8, 4) is 0 Å². The Morgan fingerprint density at radius 1 is 0.909 bits per heavy atom. The van der Waals surface area contributed by atoms with Crippen LogP contribution in [0, 0.1) is 10.8 Å². The molecule has 1 heteroatoms. The largest absolute Gasteiger partial charge is 0.306 e. The van der Waals surface area contributed by atoms with Gasteiger partial charge in [0, 0.05) is 0 Å². The number of likely N-dealkylation sites (tertiary alicyclic amines) is 1. The zero-order valence-electron chi connectivity index (χ0n) is 7.40. The summed E-state index contributed by atoms with van der Waals surface area (Å²) >= 11 is 0. The summed E-state index contributed by atoms with van der Waals surface area (Å²) < 4.78 is 0. The van der Waals surface area contributed by atoms with Gasteiger partial charge in [0.25, 0.3) is 0 Å². The first-order valence-corrected chi connectivity index (χ1v) is 4.95. The molecule has 0 radical (unpaired) electrons. The second-order valence-electron chi connectivity index (χ2n) is 5.04. The van der Waals surface area contributed by atoms with E-state index in [0.29, 0.717) is 0 Å². The number of nitrogens with zero attached hydrogens (tertiary/aromatic N) is 1. The first-order valence-electron chi connectivity index (χ1n) is 4.95. The molecular weight excluding hydrogens is 134 g/mol. The van der Waals surface area contributed by atoms with E-state index >= 15 is 0 Å². The highest BCUT2D eigenvalue weighted by atomic mass is 15.1. The predicted octanol–water partition coefficient (Wildman–Crippen LogP) is 1.88. The van der Waals surface area contributed by atoms with Crippen molar-refractivity contribution in [2.24, 2.45) is 10.8 Å². The molecule has 0 unspecified atom stereocenters. The van der Waals surface area contributed by atoms with Gasteiger partial charge >= 0.3 is 0 Å². The maximum atomic E-state index is 2.49. The van der Waals surface area contributed by atoms with Crippen LogP contribution in [0.1, 0.15) is 32.1 Å². The Balaban J connectivity index is 1.73. The fourth-order valence-electron chi connectivity index (χ4n) is 3.22. The molecule has 2 spiro atoms. The molecule has 1 saturated heterocycles. The molecule has 3 fully saturated rings. The fourth-order valence-corrected chi connectivity index (χ4v) is 3.22. The Morgan fingerprint density at radius 3 is 1.91 bits per heavy atom. The van der Waals surface area contributed by atoms with Gasteiger partial charge in [-0.2, -0.15) is 0 Å². The highest BCUT2D eigenvalue weighted by molar-refractivity contribution is 5.22. The Labute approximate surface area is 68.8 Å². The molecule has 0 atom stereocenters. The average Bonchev–Trinajstić information content (AvgIpc) is 2.87. The Kier molecular flexibility index (Phi) is 0.976. The van der Waals surface area contributed by atoms with Crippen molar-refractivity contribution in [1.82, 2.24) is 4.90 Å². The van der Waals surface area contributed by atoms with Crippen molar-refractivity contribution >= 4 is 0 Å². The lowest BCUT2D eigenvalue weighted by molar-refractivity contribution is 0.189.